The van der Waals surface area contributed by atoms with Crippen LogP contribution in [0.15, 0.2) is 30.9 Å². The predicted octanol–water partition coefficient (Wildman–Crippen LogP) is 4.82. The molecule has 6 nitrogen and oxygen atoms in total. The highest BCUT2D eigenvalue weighted by Gasteiger charge is 2.55. The second kappa shape index (κ2) is 8.39. The highest BCUT2D eigenvalue weighted by molar-refractivity contribution is 6.44. The van der Waals surface area contributed by atoms with Crippen LogP contribution in [0.1, 0.15) is 62.5 Å². The lowest BCUT2D eigenvalue weighted by Crippen LogP contribution is -2.46. The van der Waals surface area contributed by atoms with E-state index >= 15 is 0 Å². The molecule has 0 bridgehead atoms. The van der Waals surface area contributed by atoms with Gasteiger partial charge in [0, 0.05) is 43.1 Å². The van der Waals surface area contributed by atoms with E-state index in [4.69, 9.17) is 0 Å². The minimum atomic E-state index is -2.86. The first-order chi connectivity index (χ1) is 15.3. The summed E-state index contributed by atoms with van der Waals surface area (Å²) >= 11 is 0. The van der Waals surface area contributed by atoms with E-state index in [1.165, 1.54) is 10.6 Å². The van der Waals surface area contributed by atoms with Crippen LogP contribution in [0.4, 0.5) is 14.5 Å². The Kier molecular flexibility index (Phi) is 6.12. The molecule has 1 fully saturated rings. The molecule has 1 amide bonds. The number of rotatable bonds is 7. The molecule has 1 aliphatic carbocycles. The summed E-state index contributed by atoms with van der Waals surface area (Å²) in [6.45, 7) is 8.53. The number of aryl methyl sites for hydroxylation is 1. The van der Waals surface area contributed by atoms with E-state index in [1.54, 1.807) is 46.0 Å². The monoisotopic (exact) mass is 453 g/mol. The molecular formula is C25H25F2N3O3. The summed E-state index contributed by atoms with van der Waals surface area (Å²) in [6.07, 6.45) is -0.0366. The predicted molar refractivity (Wildman–Crippen MR) is 119 cm³/mol. The molecule has 1 aliphatic rings. The number of alkyl halides is 2. The second-order valence-electron chi connectivity index (χ2n) is 8.79. The van der Waals surface area contributed by atoms with E-state index in [1.807, 2.05) is 0 Å². The lowest BCUT2D eigenvalue weighted by atomic mass is 9.63. The van der Waals surface area contributed by atoms with E-state index in [9.17, 15) is 28.4 Å². The van der Waals surface area contributed by atoms with Crippen molar-refractivity contribution in [3.05, 3.63) is 64.5 Å². The summed E-state index contributed by atoms with van der Waals surface area (Å²) < 4.78 is 28.3. The Bertz CT molecular complexity index is 1230. The van der Waals surface area contributed by atoms with Gasteiger partial charge in [0.05, 0.1) is 17.2 Å². The van der Waals surface area contributed by atoms with Crippen LogP contribution in [0.25, 0.3) is 0 Å². The molecule has 1 aromatic carbocycles. The van der Waals surface area contributed by atoms with Crippen LogP contribution in [-0.2, 0) is 11.8 Å². The van der Waals surface area contributed by atoms with Gasteiger partial charge in [-0.1, -0.05) is 12.1 Å². The Labute approximate surface area is 190 Å². The van der Waals surface area contributed by atoms with Crippen LogP contribution >= 0.6 is 0 Å². The van der Waals surface area contributed by atoms with E-state index in [0.29, 0.717) is 22.5 Å². The molecular weight excluding hydrogens is 428 g/mol. The number of benzene rings is 1. The number of nitrogens with zero attached hydrogens (tertiary/aromatic N) is 2. The second-order valence-corrected chi connectivity index (χ2v) is 8.79. The van der Waals surface area contributed by atoms with Gasteiger partial charge in [-0.05, 0) is 44.0 Å². The number of hydrogen-bond acceptors (Lipinski definition) is 4. The van der Waals surface area contributed by atoms with Gasteiger partial charge in [0.1, 0.15) is 5.69 Å². The van der Waals surface area contributed by atoms with Crippen molar-refractivity contribution in [2.75, 3.05) is 5.32 Å². The van der Waals surface area contributed by atoms with Crippen molar-refractivity contribution >= 4 is 23.2 Å². The molecule has 1 saturated carbocycles. The molecule has 0 unspecified atom stereocenters. The zero-order chi connectivity index (χ0) is 24.7. The summed E-state index contributed by atoms with van der Waals surface area (Å²) in [5.74, 6) is -4.95. The van der Waals surface area contributed by atoms with Crippen LogP contribution in [0.3, 0.4) is 0 Å². The van der Waals surface area contributed by atoms with Gasteiger partial charge in [-0.15, -0.1) is 6.58 Å². The molecule has 3 rings (SSSR count). The van der Waals surface area contributed by atoms with Crippen LogP contribution in [0.2, 0.25) is 0 Å². The molecule has 8 heteroatoms. The summed E-state index contributed by atoms with van der Waals surface area (Å²) in [7, 11) is 1.60. The number of aromatic nitrogens is 1. The maximum Gasteiger partial charge on any atom is 0.272 e. The van der Waals surface area contributed by atoms with Crippen LogP contribution in [-0.4, -0.2) is 28.0 Å². The Morgan fingerprint density at radius 1 is 1.24 bits per heavy atom. The maximum atomic E-state index is 13.4. The topological polar surface area (TPSA) is 92.0 Å². The molecule has 0 spiro atoms. The maximum absolute atomic E-state index is 13.4. The first-order valence-electron chi connectivity index (χ1n) is 10.4. The fourth-order valence-corrected chi connectivity index (χ4v) is 4.50. The van der Waals surface area contributed by atoms with E-state index in [2.05, 4.69) is 18.0 Å². The van der Waals surface area contributed by atoms with Gasteiger partial charge in [0.2, 0.25) is 17.5 Å². The van der Waals surface area contributed by atoms with Crippen molar-refractivity contribution in [2.24, 2.45) is 12.5 Å². The normalized spacial score (nSPS) is 15.8. The van der Waals surface area contributed by atoms with Gasteiger partial charge < -0.3 is 9.88 Å². The van der Waals surface area contributed by atoms with E-state index in [-0.39, 0.29) is 17.7 Å². The zero-order valence-electron chi connectivity index (χ0n) is 19.0. The summed E-state index contributed by atoms with van der Waals surface area (Å²) in [4.78, 5) is 38.7. The number of hydrogen-bond donors (Lipinski definition) is 1. The number of nitrogens with one attached hydrogen (secondary N) is 1. The first-order valence-corrected chi connectivity index (χ1v) is 10.4. The summed E-state index contributed by atoms with van der Waals surface area (Å²) in [5.41, 5.74) is 1.56. The number of carbonyl (C=O) groups is 3. The van der Waals surface area contributed by atoms with Crippen LogP contribution < -0.4 is 5.32 Å². The van der Waals surface area contributed by atoms with Crippen molar-refractivity contribution in [1.29, 1.82) is 5.26 Å². The Morgan fingerprint density at radius 3 is 2.42 bits per heavy atom. The van der Waals surface area contributed by atoms with E-state index in [0.717, 1.165) is 5.56 Å². The van der Waals surface area contributed by atoms with Gasteiger partial charge in [-0.3, -0.25) is 14.4 Å². The number of ketones is 2. The Balaban J connectivity index is 1.86. The molecule has 172 valence electrons. The number of carbonyl (C=O) groups excluding carboxylic acids is 3. The molecule has 0 aliphatic heterocycles. The SMILES string of the molecule is C=CC1(CC(=O)C(=O)c2c(C)c(C(=O)Nc3ccc(C)c(C#N)c3)n(C)c2C)CC(F)(F)C1. The van der Waals surface area contributed by atoms with E-state index < -0.39 is 41.7 Å². The van der Waals surface area contributed by atoms with Crippen molar-refractivity contribution in [3.8, 4) is 6.07 Å². The first kappa shape index (κ1) is 24.1. The highest BCUT2D eigenvalue weighted by atomic mass is 19.3. The van der Waals surface area contributed by atoms with Gasteiger partial charge in [-0.2, -0.15) is 5.26 Å². The average molecular weight is 453 g/mol. The van der Waals surface area contributed by atoms with Gasteiger partial charge in [0.25, 0.3) is 5.91 Å². The smallest absolute Gasteiger partial charge is 0.272 e. The summed E-state index contributed by atoms with van der Waals surface area (Å²) in [5, 5.41) is 11.9. The van der Waals surface area contributed by atoms with Crippen molar-refractivity contribution in [1.82, 2.24) is 4.57 Å². The molecule has 1 heterocycles. The number of anilines is 1. The molecule has 0 radical (unpaired) electrons. The highest BCUT2D eigenvalue weighted by Crippen LogP contribution is 2.55. The average Bonchev–Trinajstić information content (AvgIpc) is 2.95. The standard InChI is InChI=1S/C25H25F2N3O3/c1-6-24(12-25(26,27)13-24)10-19(31)22(32)20-15(3)21(30(5)16(20)4)23(33)29-18-8-7-14(2)17(9-18)11-28/h6-9H,1,10,12-13H2,2-5H3,(H,29,33). The lowest BCUT2D eigenvalue weighted by Gasteiger charge is -2.44. The molecule has 2 aromatic rings. The number of Topliss-reactive ketones (excluding diaryl/α,β-unsaturated/α-hetero) is 2. The van der Waals surface area contributed by atoms with Gasteiger partial charge >= 0.3 is 0 Å². The fourth-order valence-electron chi connectivity index (χ4n) is 4.50. The van der Waals surface area contributed by atoms with Crippen molar-refractivity contribution in [2.45, 2.75) is 46.0 Å². The zero-order valence-corrected chi connectivity index (χ0v) is 19.0. The van der Waals surface area contributed by atoms with Gasteiger partial charge in [-0.25, -0.2) is 8.78 Å². The molecule has 33 heavy (non-hydrogen) atoms. The van der Waals surface area contributed by atoms with Crippen molar-refractivity contribution < 1.29 is 23.2 Å². The molecule has 1 aromatic heterocycles. The minimum absolute atomic E-state index is 0.0968. The Hall–Kier alpha value is -3.60. The third kappa shape index (κ3) is 4.36. The van der Waals surface area contributed by atoms with Crippen molar-refractivity contribution in [3.63, 3.8) is 0 Å². The number of amides is 1. The number of allylic oxidation sites excluding steroid dienone is 1. The molecule has 0 saturated heterocycles. The van der Waals surface area contributed by atoms with Gasteiger partial charge in [0.15, 0.2) is 0 Å². The lowest BCUT2D eigenvalue weighted by molar-refractivity contribution is -0.149. The largest absolute Gasteiger partial charge is 0.343 e. The third-order valence-electron chi connectivity index (χ3n) is 6.41. The fraction of sp³-hybridized carbons (Fsp3) is 0.360. The Morgan fingerprint density at radius 2 is 1.88 bits per heavy atom. The summed E-state index contributed by atoms with van der Waals surface area (Å²) in [6, 6.07) is 6.99. The number of nitriles is 1. The third-order valence-corrected chi connectivity index (χ3v) is 6.41. The quantitative estimate of drug-likeness (QED) is 0.370. The van der Waals surface area contributed by atoms with Crippen LogP contribution in [0.5, 0.6) is 0 Å². The number of halogens is 2. The minimum Gasteiger partial charge on any atom is -0.343 e. The molecule has 1 N–H and O–H groups in total. The van der Waals surface area contributed by atoms with Crippen LogP contribution in [0, 0.1) is 37.5 Å². The molecule has 0 atom stereocenters.